The molecular weight excluding hydrogens is 164 g/mol. The van der Waals surface area contributed by atoms with Crippen LogP contribution in [-0.2, 0) is 4.79 Å². The van der Waals surface area contributed by atoms with Crippen LogP contribution in [0.15, 0.2) is 0 Å². The summed E-state index contributed by atoms with van der Waals surface area (Å²) < 4.78 is 0. The summed E-state index contributed by atoms with van der Waals surface area (Å²) in [4.78, 5) is 11.4. The number of rotatable bonds is 6. The Hall–Kier alpha value is -0.570. The predicted molar refractivity (Wildman–Crippen MR) is 55.7 cm³/mol. The Kier molecular flexibility index (Phi) is 5.71. The van der Waals surface area contributed by atoms with E-state index in [-0.39, 0.29) is 11.4 Å². The summed E-state index contributed by atoms with van der Waals surface area (Å²) in [6, 6.07) is 0. The number of amides is 1. The molecule has 3 nitrogen and oxygen atoms in total. The van der Waals surface area contributed by atoms with E-state index in [1.54, 1.807) is 0 Å². The highest BCUT2D eigenvalue weighted by Crippen LogP contribution is 2.12. The number of hydrogen-bond donors (Lipinski definition) is 2. The average Bonchev–Trinajstić information content (AvgIpc) is 2.14. The highest BCUT2D eigenvalue weighted by molar-refractivity contribution is 5.78. The van der Waals surface area contributed by atoms with Crippen LogP contribution in [0.1, 0.15) is 40.5 Å². The third-order valence-corrected chi connectivity index (χ3v) is 2.54. The van der Waals surface area contributed by atoms with Gasteiger partial charge in [0.1, 0.15) is 0 Å². The Morgan fingerprint density at radius 2 is 1.77 bits per heavy atom. The van der Waals surface area contributed by atoms with Crippen LogP contribution >= 0.6 is 0 Å². The molecule has 0 aliphatic carbocycles. The Labute approximate surface area is 81.3 Å². The molecule has 0 fully saturated rings. The van der Waals surface area contributed by atoms with Crippen LogP contribution in [0.5, 0.6) is 0 Å². The highest BCUT2D eigenvalue weighted by atomic mass is 16.2. The van der Waals surface area contributed by atoms with Crippen LogP contribution in [0.4, 0.5) is 0 Å². The van der Waals surface area contributed by atoms with E-state index in [1.165, 1.54) is 0 Å². The lowest BCUT2D eigenvalue weighted by atomic mass is 9.95. The first kappa shape index (κ1) is 12.4. The first-order valence-electron chi connectivity index (χ1n) is 5.09. The summed E-state index contributed by atoms with van der Waals surface area (Å²) in [5, 5.41) is 6.03. The van der Waals surface area contributed by atoms with Gasteiger partial charge >= 0.3 is 0 Å². The Bertz CT molecular complexity index is 153. The van der Waals surface area contributed by atoms with Crippen molar-refractivity contribution < 1.29 is 4.79 Å². The molecule has 0 aromatic carbocycles. The normalized spacial score (nSPS) is 11.4. The SMILES string of the molecule is CCNCC(=O)NC(C)(CC)CC. The van der Waals surface area contributed by atoms with Crippen molar-refractivity contribution in [2.24, 2.45) is 0 Å². The molecule has 0 spiro atoms. The van der Waals surface area contributed by atoms with Crippen LogP contribution in [0.3, 0.4) is 0 Å². The lowest BCUT2D eigenvalue weighted by molar-refractivity contribution is -0.122. The van der Waals surface area contributed by atoms with Gasteiger partial charge in [-0.1, -0.05) is 20.8 Å². The molecule has 2 N–H and O–H groups in total. The van der Waals surface area contributed by atoms with E-state index < -0.39 is 0 Å². The van der Waals surface area contributed by atoms with Gasteiger partial charge in [-0.15, -0.1) is 0 Å². The Morgan fingerprint density at radius 1 is 1.23 bits per heavy atom. The van der Waals surface area contributed by atoms with Gasteiger partial charge in [-0.25, -0.2) is 0 Å². The summed E-state index contributed by atoms with van der Waals surface area (Å²) in [5.74, 6) is 0.0908. The van der Waals surface area contributed by atoms with E-state index in [2.05, 4.69) is 31.4 Å². The fourth-order valence-corrected chi connectivity index (χ4v) is 1.05. The Balaban J connectivity index is 3.87. The van der Waals surface area contributed by atoms with Crippen LogP contribution in [-0.4, -0.2) is 24.5 Å². The lowest BCUT2D eigenvalue weighted by Crippen LogP contribution is -2.48. The van der Waals surface area contributed by atoms with E-state index in [9.17, 15) is 4.79 Å². The lowest BCUT2D eigenvalue weighted by Gasteiger charge is -2.28. The van der Waals surface area contributed by atoms with Gasteiger partial charge in [0.25, 0.3) is 0 Å². The van der Waals surface area contributed by atoms with Gasteiger partial charge in [0.15, 0.2) is 0 Å². The summed E-state index contributed by atoms with van der Waals surface area (Å²) in [7, 11) is 0. The van der Waals surface area contributed by atoms with Crippen molar-refractivity contribution >= 4 is 5.91 Å². The quantitative estimate of drug-likeness (QED) is 0.656. The van der Waals surface area contributed by atoms with Crippen molar-refractivity contribution in [1.82, 2.24) is 10.6 Å². The summed E-state index contributed by atoms with van der Waals surface area (Å²) in [6.07, 6.45) is 1.95. The zero-order chi connectivity index (χ0) is 10.3. The standard InChI is InChI=1S/C10H22N2O/c1-5-10(4,6-2)12-9(13)8-11-7-3/h11H,5-8H2,1-4H3,(H,12,13). The van der Waals surface area contributed by atoms with E-state index >= 15 is 0 Å². The summed E-state index contributed by atoms with van der Waals surface area (Å²) in [6.45, 7) is 9.52. The van der Waals surface area contributed by atoms with Crippen molar-refractivity contribution in [3.8, 4) is 0 Å². The minimum absolute atomic E-state index is 0.0352. The van der Waals surface area contributed by atoms with Crippen LogP contribution in [0.25, 0.3) is 0 Å². The number of carbonyl (C=O) groups excluding carboxylic acids is 1. The predicted octanol–water partition coefficient (Wildman–Crippen LogP) is 1.29. The van der Waals surface area contributed by atoms with Gasteiger partial charge in [0.2, 0.25) is 5.91 Å². The largest absolute Gasteiger partial charge is 0.350 e. The van der Waals surface area contributed by atoms with Crippen molar-refractivity contribution in [3.05, 3.63) is 0 Å². The van der Waals surface area contributed by atoms with Gasteiger partial charge in [0.05, 0.1) is 6.54 Å². The fraction of sp³-hybridized carbons (Fsp3) is 0.900. The zero-order valence-corrected chi connectivity index (χ0v) is 9.24. The van der Waals surface area contributed by atoms with Gasteiger partial charge < -0.3 is 10.6 Å². The van der Waals surface area contributed by atoms with Crippen molar-refractivity contribution in [2.75, 3.05) is 13.1 Å². The van der Waals surface area contributed by atoms with Gasteiger partial charge in [-0.05, 0) is 26.3 Å². The number of carbonyl (C=O) groups is 1. The minimum Gasteiger partial charge on any atom is -0.350 e. The smallest absolute Gasteiger partial charge is 0.234 e. The molecule has 0 aromatic heterocycles. The van der Waals surface area contributed by atoms with E-state index in [1.807, 2.05) is 6.92 Å². The number of likely N-dealkylation sites (N-methyl/N-ethyl adjacent to an activating group) is 1. The number of hydrogen-bond acceptors (Lipinski definition) is 2. The molecule has 1 amide bonds. The third-order valence-electron chi connectivity index (χ3n) is 2.54. The summed E-state index contributed by atoms with van der Waals surface area (Å²) >= 11 is 0. The summed E-state index contributed by atoms with van der Waals surface area (Å²) in [5.41, 5.74) is -0.0352. The molecule has 0 saturated carbocycles. The first-order valence-corrected chi connectivity index (χ1v) is 5.09. The monoisotopic (exact) mass is 186 g/mol. The van der Waals surface area contributed by atoms with E-state index in [0.717, 1.165) is 19.4 Å². The number of nitrogens with one attached hydrogen (secondary N) is 2. The maximum absolute atomic E-state index is 11.4. The molecular formula is C10H22N2O. The molecule has 0 radical (unpaired) electrons. The van der Waals surface area contributed by atoms with Crippen molar-refractivity contribution in [3.63, 3.8) is 0 Å². The van der Waals surface area contributed by atoms with Gasteiger partial charge in [-0.3, -0.25) is 4.79 Å². The maximum Gasteiger partial charge on any atom is 0.234 e. The van der Waals surface area contributed by atoms with Crippen molar-refractivity contribution in [2.45, 2.75) is 46.1 Å². The topological polar surface area (TPSA) is 41.1 Å². The molecule has 0 unspecified atom stereocenters. The molecule has 0 aliphatic heterocycles. The molecule has 3 heteroatoms. The fourth-order valence-electron chi connectivity index (χ4n) is 1.05. The molecule has 78 valence electrons. The van der Waals surface area contributed by atoms with Gasteiger partial charge in [-0.2, -0.15) is 0 Å². The van der Waals surface area contributed by atoms with E-state index in [0.29, 0.717) is 6.54 Å². The Morgan fingerprint density at radius 3 is 2.15 bits per heavy atom. The molecule has 0 heterocycles. The van der Waals surface area contributed by atoms with E-state index in [4.69, 9.17) is 0 Å². The second-order valence-corrected chi connectivity index (χ2v) is 3.60. The average molecular weight is 186 g/mol. The minimum atomic E-state index is -0.0352. The molecule has 0 atom stereocenters. The molecule has 0 aromatic rings. The molecule has 0 bridgehead atoms. The van der Waals surface area contributed by atoms with Crippen LogP contribution in [0.2, 0.25) is 0 Å². The molecule has 13 heavy (non-hydrogen) atoms. The molecule has 0 aliphatic rings. The van der Waals surface area contributed by atoms with Crippen molar-refractivity contribution in [1.29, 1.82) is 0 Å². The molecule has 0 rings (SSSR count). The van der Waals surface area contributed by atoms with Gasteiger partial charge in [0, 0.05) is 5.54 Å². The third kappa shape index (κ3) is 4.88. The van der Waals surface area contributed by atoms with Crippen LogP contribution in [0, 0.1) is 0 Å². The molecule has 0 saturated heterocycles. The second kappa shape index (κ2) is 5.97. The maximum atomic E-state index is 11.4. The van der Waals surface area contributed by atoms with Crippen LogP contribution < -0.4 is 10.6 Å². The highest BCUT2D eigenvalue weighted by Gasteiger charge is 2.20. The first-order chi connectivity index (χ1) is 6.08. The zero-order valence-electron chi connectivity index (χ0n) is 9.24. The second-order valence-electron chi connectivity index (χ2n) is 3.60.